The number of ether oxygens (including phenoxy) is 3. The molecule has 1 saturated heterocycles. The van der Waals surface area contributed by atoms with E-state index in [4.69, 9.17) is 22.6 Å². The molecule has 0 aliphatic carbocycles. The monoisotopic (exact) mass is 608 g/mol. The van der Waals surface area contributed by atoms with Crippen molar-refractivity contribution in [3.63, 3.8) is 0 Å². The predicted molar refractivity (Wildman–Crippen MR) is 152 cm³/mol. The van der Waals surface area contributed by atoms with Gasteiger partial charge >= 0.3 is 0 Å². The molecular weight excluding hydrogens is 577 g/mol. The lowest BCUT2D eigenvalue weighted by Gasteiger charge is -2.45. The number of thioether (sulfide) groups is 1. The first-order valence-electron chi connectivity index (χ1n) is 12.5. The van der Waals surface area contributed by atoms with Gasteiger partial charge < -0.3 is 14.2 Å². The number of rotatable bonds is 13. The van der Waals surface area contributed by atoms with Crippen LogP contribution in [-0.4, -0.2) is 65.8 Å². The van der Waals surface area contributed by atoms with Crippen molar-refractivity contribution in [2.24, 2.45) is 0 Å². The smallest absolute Gasteiger partial charge is 0.264 e. The molecule has 1 fully saturated rings. The number of hydrogen-bond donors (Lipinski definition) is 0. The van der Waals surface area contributed by atoms with Gasteiger partial charge in [-0.1, -0.05) is 90.6 Å². The second-order valence-electron chi connectivity index (χ2n) is 9.25. The largest absolute Gasteiger partial charge is 0.368 e. The van der Waals surface area contributed by atoms with Crippen molar-refractivity contribution in [2.75, 3.05) is 19.1 Å². The summed E-state index contributed by atoms with van der Waals surface area (Å²) >= 11 is 1.35. The molecule has 1 aliphatic rings. The van der Waals surface area contributed by atoms with Gasteiger partial charge in [0, 0.05) is 4.90 Å². The van der Waals surface area contributed by atoms with Crippen LogP contribution in [0.15, 0.2) is 95.9 Å². The van der Waals surface area contributed by atoms with E-state index in [0.29, 0.717) is 0 Å². The van der Waals surface area contributed by atoms with Crippen LogP contribution in [0, 0.1) is 0 Å². The first kappa shape index (κ1) is 30.7. The molecule has 0 unspecified atom stereocenters. The Bertz CT molecular complexity index is 1400. The Labute approximate surface area is 240 Å². The average Bonchev–Trinajstić information content (AvgIpc) is 2.92. The van der Waals surface area contributed by atoms with Gasteiger partial charge in [-0.2, -0.15) is 16.8 Å². The van der Waals surface area contributed by atoms with Crippen molar-refractivity contribution in [2.45, 2.75) is 48.0 Å². The lowest BCUT2D eigenvalue weighted by molar-refractivity contribution is -0.228. The number of hydrogen-bond acceptors (Lipinski definition) is 10. The molecule has 0 aromatic heterocycles. The zero-order chi connectivity index (χ0) is 28.6. The van der Waals surface area contributed by atoms with Crippen LogP contribution in [0.2, 0.25) is 0 Å². The maximum atomic E-state index is 12.4. The SMILES string of the molecule is CS(=O)(=O)OC[C@H]1O[C@@H](Sc2ccccc2)[C@H](OCc2ccccc2)[C@@H](OCc2ccccc2)[C@H]1OS(C)(=O)=O. The highest BCUT2D eigenvalue weighted by atomic mass is 32.2. The molecule has 3 aromatic rings. The fourth-order valence-corrected chi connectivity index (χ4v) is 6.32. The summed E-state index contributed by atoms with van der Waals surface area (Å²) in [4.78, 5) is 0.868. The van der Waals surface area contributed by atoms with Crippen LogP contribution >= 0.6 is 11.8 Å². The van der Waals surface area contributed by atoms with Crippen molar-refractivity contribution in [1.29, 1.82) is 0 Å². The van der Waals surface area contributed by atoms with Crippen molar-refractivity contribution in [3.8, 4) is 0 Å². The molecule has 0 spiro atoms. The molecule has 1 aliphatic heterocycles. The maximum Gasteiger partial charge on any atom is 0.264 e. The Balaban J connectivity index is 1.71. The second kappa shape index (κ2) is 14.1. The van der Waals surface area contributed by atoms with E-state index in [-0.39, 0.29) is 13.2 Å². The standard InChI is InChI=1S/C28H32O9S3/c1-39(29,30)35-20-24-25(37-40(2,31)32)26(33-18-21-12-6-3-7-13-21)27(34-19-22-14-8-4-9-15-22)28(36-24)38-23-16-10-5-11-17-23/h3-17,24-28H,18-20H2,1-2H3/t24-,25+,26+,27-,28+/m1/s1. The fourth-order valence-electron chi connectivity index (χ4n) is 4.15. The van der Waals surface area contributed by atoms with Crippen LogP contribution in [0.4, 0.5) is 0 Å². The lowest BCUT2D eigenvalue weighted by atomic mass is 9.99. The van der Waals surface area contributed by atoms with Gasteiger partial charge in [-0.3, -0.25) is 8.37 Å². The molecule has 5 atom stereocenters. The van der Waals surface area contributed by atoms with E-state index in [1.807, 2.05) is 91.0 Å². The van der Waals surface area contributed by atoms with Gasteiger partial charge in [0.25, 0.3) is 20.2 Å². The summed E-state index contributed by atoms with van der Waals surface area (Å²) in [6, 6.07) is 28.4. The molecule has 1 heterocycles. The summed E-state index contributed by atoms with van der Waals surface area (Å²) in [7, 11) is -7.88. The Morgan fingerprint density at radius 1 is 0.675 bits per heavy atom. The molecule has 0 radical (unpaired) electrons. The zero-order valence-electron chi connectivity index (χ0n) is 22.1. The first-order valence-corrected chi connectivity index (χ1v) is 17.0. The van der Waals surface area contributed by atoms with Crippen LogP contribution in [-0.2, 0) is 56.0 Å². The first-order chi connectivity index (χ1) is 19.1. The van der Waals surface area contributed by atoms with Gasteiger partial charge in [0.1, 0.15) is 29.9 Å². The van der Waals surface area contributed by atoms with Crippen molar-refractivity contribution in [1.82, 2.24) is 0 Å². The Hall–Kier alpha value is -2.29. The highest BCUT2D eigenvalue weighted by Crippen LogP contribution is 2.38. The third kappa shape index (κ3) is 9.67. The molecule has 12 heteroatoms. The molecule has 0 amide bonds. The van der Waals surface area contributed by atoms with E-state index in [1.54, 1.807) is 0 Å². The molecule has 40 heavy (non-hydrogen) atoms. The van der Waals surface area contributed by atoms with E-state index < -0.39 is 56.7 Å². The van der Waals surface area contributed by atoms with Crippen molar-refractivity contribution < 1.29 is 39.4 Å². The fraction of sp³-hybridized carbons (Fsp3) is 0.357. The van der Waals surface area contributed by atoms with E-state index in [9.17, 15) is 16.8 Å². The lowest BCUT2D eigenvalue weighted by Crippen LogP contribution is -2.60. The predicted octanol–water partition coefficient (Wildman–Crippen LogP) is 4.00. The minimum absolute atomic E-state index is 0.128. The quantitative estimate of drug-likeness (QED) is 0.264. The summed E-state index contributed by atoms with van der Waals surface area (Å²) in [6.45, 7) is -0.147. The third-order valence-electron chi connectivity index (χ3n) is 5.89. The molecular formula is C28H32O9S3. The highest BCUT2D eigenvalue weighted by molar-refractivity contribution is 7.99. The van der Waals surface area contributed by atoms with Gasteiger partial charge in [0.2, 0.25) is 0 Å². The summed E-state index contributed by atoms with van der Waals surface area (Å²) in [5.74, 6) is 0. The van der Waals surface area contributed by atoms with Gasteiger partial charge in [-0.15, -0.1) is 0 Å². The molecule has 9 nitrogen and oxygen atoms in total. The summed E-state index contributed by atoms with van der Waals surface area (Å²) < 4.78 is 78.1. The molecule has 0 bridgehead atoms. The summed E-state index contributed by atoms with van der Waals surface area (Å²) in [6.07, 6.45) is -2.32. The Morgan fingerprint density at radius 3 is 1.68 bits per heavy atom. The summed E-state index contributed by atoms with van der Waals surface area (Å²) in [5, 5.41) is 0. The maximum absolute atomic E-state index is 12.4. The van der Waals surface area contributed by atoms with Crippen LogP contribution in [0.3, 0.4) is 0 Å². The average molecular weight is 609 g/mol. The van der Waals surface area contributed by atoms with Crippen LogP contribution < -0.4 is 0 Å². The number of benzene rings is 3. The zero-order valence-corrected chi connectivity index (χ0v) is 24.5. The van der Waals surface area contributed by atoms with E-state index in [0.717, 1.165) is 28.5 Å². The summed E-state index contributed by atoms with van der Waals surface area (Å²) in [5.41, 5.74) is 1.03. The van der Waals surface area contributed by atoms with Crippen LogP contribution in [0.25, 0.3) is 0 Å². The molecule has 4 rings (SSSR count). The normalized spacial score (nSPS) is 23.6. The minimum atomic E-state index is -4.02. The van der Waals surface area contributed by atoms with E-state index in [1.165, 1.54) is 11.8 Å². The molecule has 216 valence electrons. The highest BCUT2D eigenvalue weighted by Gasteiger charge is 2.50. The topological polar surface area (TPSA) is 114 Å². The molecule has 0 saturated carbocycles. The Kier molecular flexibility index (Phi) is 10.8. The van der Waals surface area contributed by atoms with Crippen molar-refractivity contribution >= 4 is 32.0 Å². The van der Waals surface area contributed by atoms with Gasteiger partial charge in [-0.05, 0) is 23.3 Å². The van der Waals surface area contributed by atoms with Gasteiger partial charge in [-0.25, -0.2) is 0 Å². The van der Waals surface area contributed by atoms with Crippen LogP contribution in [0.5, 0.6) is 0 Å². The second-order valence-corrected chi connectivity index (χ2v) is 13.7. The van der Waals surface area contributed by atoms with Crippen LogP contribution in [0.1, 0.15) is 11.1 Å². The third-order valence-corrected chi connectivity index (χ3v) is 8.18. The Morgan fingerprint density at radius 2 is 1.18 bits per heavy atom. The molecule has 3 aromatic carbocycles. The molecule has 0 N–H and O–H groups in total. The van der Waals surface area contributed by atoms with E-state index in [2.05, 4.69) is 0 Å². The van der Waals surface area contributed by atoms with Crippen molar-refractivity contribution in [3.05, 3.63) is 102 Å². The minimum Gasteiger partial charge on any atom is -0.368 e. The van der Waals surface area contributed by atoms with E-state index >= 15 is 0 Å². The van der Waals surface area contributed by atoms with Gasteiger partial charge in [0.05, 0.1) is 32.3 Å². The van der Waals surface area contributed by atoms with Gasteiger partial charge in [0.15, 0.2) is 0 Å².